The lowest BCUT2D eigenvalue weighted by Crippen LogP contribution is -2.09. The van der Waals surface area contributed by atoms with Crippen LogP contribution in [0.5, 0.6) is 5.75 Å². The molecule has 0 saturated carbocycles. The molecule has 0 N–H and O–H groups in total. The summed E-state index contributed by atoms with van der Waals surface area (Å²) in [5.74, 6) is -1.01. The van der Waals surface area contributed by atoms with E-state index in [1.54, 1.807) is 17.7 Å². The molecule has 17 heavy (non-hydrogen) atoms. The maximum atomic E-state index is 13.9. The summed E-state index contributed by atoms with van der Waals surface area (Å²) >= 11 is 0. The second-order valence-corrected chi connectivity index (χ2v) is 3.54. The van der Waals surface area contributed by atoms with Crippen LogP contribution in [-0.4, -0.2) is 22.4 Å². The van der Waals surface area contributed by atoms with Crippen molar-refractivity contribution in [1.82, 2.24) is 9.55 Å². The van der Waals surface area contributed by atoms with Gasteiger partial charge in [0.05, 0.1) is 25.2 Å². The number of halogens is 1. The lowest BCUT2D eigenvalue weighted by Gasteiger charge is -2.06. The number of aromatic nitrogens is 2. The van der Waals surface area contributed by atoms with Gasteiger partial charge < -0.3 is 9.30 Å². The van der Waals surface area contributed by atoms with E-state index < -0.39 is 11.6 Å². The molecule has 0 saturated heterocycles. The van der Waals surface area contributed by atoms with Gasteiger partial charge in [0.15, 0.2) is 11.6 Å². The van der Waals surface area contributed by atoms with E-state index in [1.807, 2.05) is 0 Å². The summed E-state index contributed by atoms with van der Waals surface area (Å²) in [6, 6.07) is 4.47. The molecule has 2 rings (SSSR count). The fourth-order valence-corrected chi connectivity index (χ4v) is 1.56. The normalized spacial score (nSPS) is 10.3. The van der Waals surface area contributed by atoms with Gasteiger partial charge >= 0.3 is 0 Å². The molecule has 5 heteroatoms. The summed E-state index contributed by atoms with van der Waals surface area (Å²) in [5, 5.41) is 0. The van der Waals surface area contributed by atoms with Gasteiger partial charge in [-0.3, -0.25) is 4.79 Å². The first-order chi connectivity index (χ1) is 8.15. The molecule has 2 aromatic rings. The van der Waals surface area contributed by atoms with E-state index >= 15 is 0 Å². The van der Waals surface area contributed by atoms with Crippen molar-refractivity contribution >= 4 is 5.78 Å². The molecule has 0 aliphatic heterocycles. The molecule has 0 atom stereocenters. The summed E-state index contributed by atoms with van der Waals surface area (Å²) < 4.78 is 20.2. The number of carbonyl (C=O) groups is 1. The Hall–Kier alpha value is -2.17. The second kappa shape index (κ2) is 4.37. The third-order valence-electron chi connectivity index (χ3n) is 2.48. The van der Waals surface area contributed by atoms with Gasteiger partial charge in [0.25, 0.3) is 0 Å². The van der Waals surface area contributed by atoms with Crippen molar-refractivity contribution in [3.05, 3.63) is 47.8 Å². The Labute approximate surface area is 97.7 Å². The summed E-state index contributed by atoms with van der Waals surface area (Å²) in [5.41, 5.74) is 0.310. The Morgan fingerprint density at radius 2 is 2.24 bits per heavy atom. The monoisotopic (exact) mass is 234 g/mol. The molecule has 0 unspecified atom stereocenters. The molecular formula is C12H11FN2O2. The zero-order chi connectivity index (χ0) is 12.4. The number of benzene rings is 1. The van der Waals surface area contributed by atoms with Crippen LogP contribution in [-0.2, 0) is 7.05 Å². The van der Waals surface area contributed by atoms with Crippen LogP contribution in [0.2, 0.25) is 0 Å². The molecule has 0 fully saturated rings. The lowest BCUT2D eigenvalue weighted by atomic mass is 10.1. The Morgan fingerprint density at radius 3 is 2.82 bits per heavy atom. The lowest BCUT2D eigenvalue weighted by molar-refractivity contribution is 0.102. The Bertz CT molecular complexity index is 563. The molecule has 1 aromatic carbocycles. The standard InChI is InChI=1S/C12H11FN2O2/c1-15-7-14-6-9(15)12(16)8-4-3-5-10(17-2)11(8)13/h3-7H,1-2H3. The van der Waals surface area contributed by atoms with Crippen LogP contribution in [0.15, 0.2) is 30.7 Å². The van der Waals surface area contributed by atoms with Crippen molar-refractivity contribution in [3.8, 4) is 5.75 Å². The number of hydrogen-bond acceptors (Lipinski definition) is 3. The number of carbonyl (C=O) groups excluding carboxylic acids is 1. The molecule has 0 aliphatic carbocycles. The summed E-state index contributed by atoms with van der Waals surface area (Å²) in [6.45, 7) is 0. The quantitative estimate of drug-likeness (QED) is 0.760. The van der Waals surface area contributed by atoms with Gasteiger partial charge in [0.1, 0.15) is 5.69 Å². The number of ketones is 1. The van der Waals surface area contributed by atoms with Crippen LogP contribution in [0.3, 0.4) is 0 Å². The highest BCUT2D eigenvalue weighted by atomic mass is 19.1. The van der Waals surface area contributed by atoms with Crippen molar-refractivity contribution in [3.63, 3.8) is 0 Å². The summed E-state index contributed by atoms with van der Waals surface area (Å²) in [4.78, 5) is 15.9. The van der Waals surface area contributed by atoms with Crippen LogP contribution < -0.4 is 4.74 Å². The maximum absolute atomic E-state index is 13.9. The van der Waals surface area contributed by atoms with Gasteiger partial charge in [-0.1, -0.05) is 6.07 Å². The SMILES string of the molecule is COc1cccc(C(=O)c2cncn2C)c1F. The van der Waals surface area contributed by atoms with Crippen molar-refractivity contribution in [1.29, 1.82) is 0 Å². The number of imidazole rings is 1. The fourth-order valence-electron chi connectivity index (χ4n) is 1.56. The smallest absolute Gasteiger partial charge is 0.214 e. The fraction of sp³-hybridized carbons (Fsp3) is 0.167. The van der Waals surface area contributed by atoms with Crippen molar-refractivity contribution < 1.29 is 13.9 Å². The Balaban J connectivity index is 2.48. The van der Waals surface area contributed by atoms with Crippen LogP contribution in [0.4, 0.5) is 4.39 Å². The van der Waals surface area contributed by atoms with E-state index in [0.29, 0.717) is 5.69 Å². The topological polar surface area (TPSA) is 44.1 Å². The van der Waals surface area contributed by atoms with E-state index in [1.165, 1.54) is 31.8 Å². The van der Waals surface area contributed by atoms with E-state index in [0.717, 1.165) is 0 Å². The molecule has 4 nitrogen and oxygen atoms in total. The predicted molar refractivity (Wildman–Crippen MR) is 59.6 cm³/mol. The van der Waals surface area contributed by atoms with E-state index in [-0.39, 0.29) is 11.3 Å². The molecule has 1 heterocycles. The second-order valence-electron chi connectivity index (χ2n) is 3.54. The van der Waals surface area contributed by atoms with Gasteiger partial charge in [0, 0.05) is 7.05 Å². The van der Waals surface area contributed by atoms with Crippen LogP contribution >= 0.6 is 0 Å². The van der Waals surface area contributed by atoms with Gasteiger partial charge in [-0.25, -0.2) is 9.37 Å². The zero-order valence-corrected chi connectivity index (χ0v) is 9.48. The average Bonchev–Trinajstić information content (AvgIpc) is 2.75. The first kappa shape index (κ1) is 11.3. The highest BCUT2D eigenvalue weighted by molar-refractivity contribution is 6.08. The summed E-state index contributed by atoms with van der Waals surface area (Å²) in [6.07, 6.45) is 2.90. The van der Waals surface area contributed by atoms with Crippen molar-refractivity contribution in [2.24, 2.45) is 7.05 Å². The predicted octanol–water partition coefficient (Wildman–Crippen LogP) is 1.80. The van der Waals surface area contributed by atoms with Crippen molar-refractivity contribution in [2.75, 3.05) is 7.11 Å². The van der Waals surface area contributed by atoms with Gasteiger partial charge in [0.2, 0.25) is 5.78 Å². The molecule has 0 aliphatic rings. The number of nitrogens with zero attached hydrogens (tertiary/aromatic N) is 2. The van der Waals surface area contributed by atoms with Crippen LogP contribution in [0, 0.1) is 5.82 Å². The largest absolute Gasteiger partial charge is 0.494 e. The maximum Gasteiger partial charge on any atom is 0.214 e. The molecule has 1 aromatic heterocycles. The minimum Gasteiger partial charge on any atom is -0.494 e. The van der Waals surface area contributed by atoms with Gasteiger partial charge in [-0.2, -0.15) is 0 Å². The summed E-state index contributed by atoms with van der Waals surface area (Å²) in [7, 11) is 3.04. The number of aryl methyl sites for hydroxylation is 1. The highest BCUT2D eigenvalue weighted by Crippen LogP contribution is 2.22. The van der Waals surface area contributed by atoms with Crippen molar-refractivity contribution in [2.45, 2.75) is 0 Å². The number of hydrogen-bond donors (Lipinski definition) is 0. The number of ether oxygens (including phenoxy) is 1. The Morgan fingerprint density at radius 1 is 1.47 bits per heavy atom. The molecule has 0 spiro atoms. The molecule has 0 bridgehead atoms. The first-order valence-electron chi connectivity index (χ1n) is 4.98. The highest BCUT2D eigenvalue weighted by Gasteiger charge is 2.19. The third-order valence-corrected chi connectivity index (χ3v) is 2.48. The van der Waals surface area contributed by atoms with E-state index in [4.69, 9.17) is 4.74 Å². The third kappa shape index (κ3) is 1.91. The van der Waals surface area contributed by atoms with E-state index in [9.17, 15) is 9.18 Å². The molecule has 88 valence electrons. The average molecular weight is 234 g/mol. The molecular weight excluding hydrogens is 223 g/mol. The molecule has 0 radical (unpaired) electrons. The van der Waals surface area contributed by atoms with Crippen LogP contribution in [0.1, 0.15) is 16.1 Å². The minimum absolute atomic E-state index is 0.0204. The van der Waals surface area contributed by atoms with Gasteiger partial charge in [-0.05, 0) is 12.1 Å². The zero-order valence-electron chi connectivity index (χ0n) is 9.48. The van der Waals surface area contributed by atoms with Crippen LogP contribution in [0.25, 0.3) is 0 Å². The first-order valence-corrected chi connectivity index (χ1v) is 4.98. The minimum atomic E-state index is -0.652. The number of rotatable bonds is 3. The number of methoxy groups -OCH3 is 1. The Kier molecular flexibility index (Phi) is 2.91. The van der Waals surface area contributed by atoms with Gasteiger partial charge in [-0.15, -0.1) is 0 Å². The molecule has 0 amide bonds. The van der Waals surface area contributed by atoms with E-state index in [2.05, 4.69) is 4.98 Å².